The number of hydrogen-bond donors (Lipinski definition) is 1. The van der Waals surface area contributed by atoms with Crippen LogP contribution in [0.1, 0.15) is 37.6 Å². The molecule has 2 aromatic rings. The van der Waals surface area contributed by atoms with Crippen LogP contribution in [0.15, 0.2) is 29.0 Å². The molecule has 0 aliphatic rings. The first-order chi connectivity index (χ1) is 10.1. The average Bonchev–Trinajstić information content (AvgIpc) is 2.97. The van der Waals surface area contributed by atoms with Crippen LogP contribution in [0, 0.1) is 0 Å². The van der Waals surface area contributed by atoms with Gasteiger partial charge < -0.3 is 10.2 Å². The van der Waals surface area contributed by atoms with Crippen molar-refractivity contribution >= 4 is 17.2 Å². The van der Waals surface area contributed by atoms with Gasteiger partial charge in [0.1, 0.15) is 5.82 Å². The summed E-state index contributed by atoms with van der Waals surface area (Å²) in [6, 6.07) is 7.07. The number of anilines is 1. The number of rotatable bonds is 7. The Morgan fingerprint density at radius 2 is 2.10 bits per heavy atom. The molecule has 0 radical (unpaired) electrons. The zero-order valence-electron chi connectivity index (χ0n) is 13.4. The van der Waals surface area contributed by atoms with Crippen molar-refractivity contribution in [2.24, 2.45) is 0 Å². The minimum atomic E-state index is 0.496. The Morgan fingerprint density at radius 1 is 1.29 bits per heavy atom. The van der Waals surface area contributed by atoms with Crippen LogP contribution in [0.25, 0.3) is 0 Å². The lowest BCUT2D eigenvalue weighted by Crippen LogP contribution is -2.23. The summed E-state index contributed by atoms with van der Waals surface area (Å²) in [7, 11) is 2.11. The first-order valence-corrected chi connectivity index (χ1v) is 8.48. The molecular formula is C17H25N3S. The molecule has 0 saturated carbocycles. The van der Waals surface area contributed by atoms with E-state index in [0.29, 0.717) is 6.04 Å². The fraction of sp³-hybridized carbons (Fsp3) is 0.471. The minimum Gasteiger partial charge on any atom is -0.355 e. The highest BCUT2D eigenvalue weighted by Gasteiger charge is 2.08. The Bertz CT molecular complexity index is 549. The zero-order chi connectivity index (χ0) is 15.2. The van der Waals surface area contributed by atoms with Crippen LogP contribution in [-0.2, 0) is 19.5 Å². The first-order valence-electron chi connectivity index (χ1n) is 7.54. The van der Waals surface area contributed by atoms with Gasteiger partial charge in [-0.25, -0.2) is 4.98 Å². The highest BCUT2D eigenvalue weighted by Crippen LogP contribution is 2.18. The molecule has 0 bridgehead atoms. The van der Waals surface area contributed by atoms with Crippen LogP contribution >= 0.6 is 11.3 Å². The molecule has 0 aliphatic heterocycles. The minimum absolute atomic E-state index is 0.496. The van der Waals surface area contributed by atoms with Gasteiger partial charge in [-0.05, 0) is 46.5 Å². The second-order valence-corrected chi connectivity index (χ2v) is 6.48. The highest BCUT2D eigenvalue weighted by molar-refractivity contribution is 7.07. The number of hydrogen-bond acceptors (Lipinski definition) is 4. The number of aromatic nitrogens is 1. The maximum absolute atomic E-state index is 4.76. The molecule has 3 nitrogen and oxygen atoms in total. The summed E-state index contributed by atoms with van der Waals surface area (Å²) >= 11 is 1.74. The molecule has 0 spiro atoms. The van der Waals surface area contributed by atoms with Gasteiger partial charge in [-0.2, -0.15) is 11.3 Å². The molecule has 21 heavy (non-hydrogen) atoms. The van der Waals surface area contributed by atoms with Gasteiger partial charge in [-0.15, -0.1) is 0 Å². The van der Waals surface area contributed by atoms with E-state index in [1.165, 1.54) is 11.1 Å². The van der Waals surface area contributed by atoms with Gasteiger partial charge in [-0.3, -0.25) is 0 Å². The fourth-order valence-electron chi connectivity index (χ4n) is 2.17. The molecule has 0 fully saturated rings. The largest absolute Gasteiger partial charge is 0.355 e. The quantitative estimate of drug-likeness (QED) is 0.842. The van der Waals surface area contributed by atoms with E-state index in [4.69, 9.17) is 4.98 Å². The van der Waals surface area contributed by atoms with E-state index >= 15 is 0 Å². The second-order valence-electron chi connectivity index (χ2n) is 5.70. The van der Waals surface area contributed by atoms with Crippen molar-refractivity contribution in [3.05, 3.63) is 45.8 Å². The third kappa shape index (κ3) is 4.83. The third-order valence-corrected chi connectivity index (χ3v) is 4.12. The molecule has 0 unspecified atom stereocenters. The van der Waals surface area contributed by atoms with Gasteiger partial charge in [0.05, 0.1) is 0 Å². The summed E-state index contributed by atoms with van der Waals surface area (Å²) < 4.78 is 0. The maximum Gasteiger partial charge on any atom is 0.129 e. The molecule has 2 aromatic heterocycles. The van der Waals surface area contributed by atoms with Crippen molar-refractivity contribution in [3.63, 3.8) is 0 Å². The van der Waals surface area contributed by atoms with Crippen molar-refractivity contribution < 1.29 is 0 Å². The van der Waals surface area contributed by atoms with Crippen LogP contribution in [-0.4, -0.2) is 18.1 Å². The Morgan fingerprint density at radius 3 is 2.71 bits per heavy atom. The summed E-state index contributed by atoms with van der Waals surface area (Å²) in [6.45, 7) is 8.30. The van der Waals surface area contributed by atoms with E-state index in [1.54, 1.807) is 11.3 Å². The van der Waals surface area contributed by atoms with E-state index in [9.17, 15) is 0 Å². The molecule has 0 amide bonds. The average molecular weight is 303 g/mol. The van der Waals surface area contributed by atoms with E-state index < -0.39 is 0 Å². The summed E-state index contributed by atoms with van der Waals surface area (Å²) in [6.07, 6.45) is 0.967. The van der Waals surface area contributed by atoms with Gasteiger partial charge in [0.2, 0.25) is 0 Å². The molecule has 0 atom stereocenters. The van der Waals surface area contributed by atoms with Crippen LogP contribution in [0.5, 0.6) is 0 Å². The van der Waals surface area contributed by atoms with Crippen molar-refractivity contribution in [1.29, 1.82) is 0 Å². The highest BCUT2D eigenvalue weighted by atomic mass is 32.1. The number of thiophene rings is 1. The number of nitrogens with one attached hydrogen (secondary N) is 1. The predicted octanol–water partition coefficient (Wildman–Crippen LogP) is 3.84. The van der Waals surface area contributed by atoms with Crippen molar-refractivity contribution in [1.82, 2.24) is 10.3 Å². The molecule has 4 heteroatoms. The topological polar surface area (TPSA) is 28.2 Å². The van der Waals surface area contributed by atoms with Crippen molar-refractivity contribution in [3.8, 4) is 0 Å². The predicted molar refractivity (Wildman–Crippen MR) is 92.0 cm³/mol. The third-order valence-electron chi connectivity index (χ3n) is 3.39. The van der Waals surface area contributed by atoms with Gasteiger partial charge in [0, 0.05) is 31.9 Å². The Labute approximate surface area is 132 Å². The van der Waals surface area contributed by atoms with Gasteiger partial charge >= 0.3 is 0 Å². The zero-order valence-corrected chi connectivity index (χ0v) is 14.2. The lowest BCUT2D eigenvalue weighted by molar-refractivity contribution is 0.588. The molecular weight excluding hydrogens is 278 g/mol. The number of nitrogens with zero attached hydrogens (tertiary/aromatic N) is 2. The summed E-state index contributed by atoms with van der Waals surface area (Å²) in [4.78, 5) is 6.98. The molecule has 2 heterocycles. The SMILES string of the molecule is CCc1cc(CNC(C)C)cc(N(C)Cc2ccsc2)n1. The van der Waals surface area contributed by atoms with Crippen LogP contribution in [0.2, 0.25) is 0 Å². The number of aryl methyl sites for hydroxylation is 1. The van der Waals surface area contributed by atoms with Gasteiger partial charge in [0.15, 0.2) is 0 Å². The lowest BCUT2D eigenvalue weighted by atomic mass is 10.1. The number of pyridine rings is 1. The van der Waals surface area contributed by atoms with Crippen LogP contribution in [0.4, 0.5) is 5.82 Å². The summed E-state index contributed by atoms with van der Waals surface area (Å²) in [5.74, 6) is 1.06. The first kappa shape index (κ1) is 16.0. The van der Waals surface area contributed by atoms with Crippen molar-refractivity contribution in [2.45, 2.75) is 46.3 Å². The molecule has 1 N–H and O–H groups in total. The molecule has 114 valence electrons. The smallest absolute Gasteiger partial charge is 0.129 e. The second kappa shape index (κ2) is 7.57. The molecule has 0 aromatic carbocycles. The normalized spacial score (nSPS) is 11.1. The fourth-order valence-corrected chi connectivity index (χ4v) is 2.83. The molecule has 0 saturated heterocycles. The van der Waals surface area contributed by atoms with E-state index in [0.717, 1.165) is 31.0 Å². The molecule has 2 rings (SSSR count). The monoisotopic (exact) mass is 303 g/mol. The Balaban J connectivity index is 2.15. The van der Waals surface area contributed by atoms with E-state index in [1.807, 2.05) is 0 Å². The molecule has 0 aliphatic carbocycles. The summed E-state index contributed by atoms with van der Waals surface area (Å²) in [5.41, 5.74) is 3.81. The summed E-state index contributed by atoms with van der Waals surface area (Å²) in [5, 5.41) is 7.80. The van der Waals surface area contributed by atoms with Crippen LogP contribution in [0.3, 0.4) is 0 Å². The van der Waals surface area contributed by atoms with Crippen molar-refractivity contribution in [2.75, 3.05) is 11.9 Å². The maximum atomic E-state index is 4.76. The standard InChI is InChI=1S/C17H25N3S/c1-5-16-8-15(10-18-13(2)3)9-17(19-16)20(4)11-14-6-7-21-12-14/h6-9,12-13,18H,5,10-11H2,1-4H3. The Hall–Kier alpha value is -1.39. The van der Waals surface area contributed by atoms with Gasteiger partial charge in [-0.1, -0.05) is 20.8 Å². The Kier molecular flexibility index (Phi) is 5.76. The lowest BCUT2D eigenvalue weighted by Gasteiger charge is -2.20. The van der Waals surface area contributed by atoms with Crippen LogP contribution < -0.4 is 10.2 Å². The van der Waals surface area contributed by atoms with E-state index in [2.05, 4.69) is 67.0 Å². The van der Waals surface area contributed by atoms with Gasteiger partial charge in [0.25, 0.3) is 0 Å². The van der Waals surface area contributed by atoms with E-state index in [-0.39, 0.29) is 0 Å².